The molecule has 0 fully saturated rings. The Bertz CT molecular complexity index is 714. The van der Waals surface area contributed by atoms with Gasteiger partial charge in [-0.05, 0) is 29.8 Å². The zero-order valence-electron chi connectivity index (χ0n) is 11.1. The summed E-state index contributed by atoms with van der Waals surface area (Å²) in [5, 5.41) is 9.82. The molecule has 0 radical (unpaired) electrons. The number of carbonyl (C=O) groups is 1. The second-order valence-corrected chi connectivity index (χ2v) is 4.76. The number of hydrogen-bond donors (Lipinski definition) is 1. The minimum atomic E-state index is -0.0151. The lowest BCUT2D eigenvalue weighted by molar-refractivity contribution is 0.104. The molecule has 2 aromatic rings. The van der Waals surface area contributed by atoms with Crippen molar-refractivity contribution >= 4 is 11.9 Å². The molecule has 0 aromatic heterocycles. The summed E-state index contributed by atoms with van der Waals surface area (Å²) in [5.74, 6) is 0.925. The van der Waals surface area contributed by atoms with Crippen LogP contribution >= 0.6 is 0 Å². The van der Waals surface area contributed by atoms with Gasteiger partial charge in [0.15, 0.2) is 5.78 Å². The van der Waals surface area contributed by atoms with E-state index >= 15 is 0 Å². The second-order valence-electron chi connectivity index (χ2n) is 4.76. The van der Waals surface area contributed by atoms with E-state index in [0.29, 0.717) is 23.1 Å². The summed E-state index contributed by atoms with van der Waals surface area (Å²) in [6.45, 7) is 0. The van der Waals surface area contributed by atoms with Crippen LogP contribution in [0.2, 0.25) is 0 Å². The number of benzene rings is 2. The van der Waals surface area contributed by atoms with Crippen LogP contribution in [0.25, 0.3) is 6.08 Å². The van der Waals surface area contributed by atoms with E-state index in [2.05, 4.69) is 0 Å². The third-order valence-corrected chi connectivity index (χ3v) is 3.49. The number of rotatable bonds is 2. The third kappa shape index (κ3) is 2.07. The maximum Gasteiger partial charge on any atom is 0.189 e. The molecule has 1 N–H and O–H groups in total. The SMILES string of the molecule is COc1cccc(C=C2Cc3c(O)cccc3C2=O)c1. The summed E-state index contributed by atoms with van der Waals surface area (Å²) < 4.78 is 5.17. The Morgan fingerprint density at radius 2 is 2.00 bits per heavy atom. The zero-order valence-corrected chi connectivity index (χ0v) is 11.1. The number of phenols is 1. The molecule has 1 aliphatic rings. The molecule has 0 unspecified atom stereocenters. The molecule has 0 saturated carbocycles. The Morgan fingerprint density at radius 3 is 2.75 bits per heavy atom. The quantitative estimate of drug-likeness (QED) is 0.849. The topological polar surface area (TPSA) is 46.5 Å². The first-order chi connectivity index (χ1) is 9.69. The number of aromatic hydroxyl groups is 1. The molecule has 3 heteroatoms. The van der Waals surface area contributed by atoms with Gasteiger partial charge in [-0.15, -0.1) is 0 Å². The molecule has 100 valence electrons. The highest BCUT2D eigenvalue weighted by Crippen LogP contribution is 2.33. The van der Waals surface area contributed by atoms with E-state index in [4.69, 9.17) is 4.74 Å². The van der Waals surface area contributed by atoms with Gasteiger partial charge in [-0.25, -0.2) is 0 Å². The van der Waals surface area contributed by atoms with Crippen molar-refractivity contribution < 1.29 is 14.6 Å². The van der Waals surface area contributed by atoms with Crippen LogP contribution in [0, 0.1) is 0 Å². The number of ketones is 1. The number of Topliss-reactive ketones (excluding diaryl/α,β-unsaturated/α-hetero) is 1. The summed E-state index contributed by atoms with van der Waals surface area (Å²) >= 11 is 0. The molecule has 3 rings (SSSR count). The first kappa shape index (κ1) is 12.5. The average molecular weight is 266 g/mol. The summed E-state index contributed by atoms with van der Waals surface area (Å²) in [6, 6.07) is 12.6. The van der Waals surface area contributed by atoms with Crippen LogP contribution in [0.15, 0.2) is 48.0 Å². The summed E-state index contributed by atoms with van der Waals surface area (Å²) in [4.78, 5) is 12.3. The molecule has 0 amide bonds. The van der Waals surface area contributed by atoms with Crippen molar-refractivity contribution in [2.75, 3.05) is 7.11 Å². The fourth-order valence-electron chi connectivity index (χ4n) is 2.47. The number of carbonyl (C=O) groups excluding carboxylic acids is 1. The van der Waals surface area contributed by atoms with Crippen LogP contribution in [0.4, 0.5) is 0 Å². The second kappa shape index (κ2) is 4.85. The number of allylic oxidation sites excluding steroid dienone is 1. The molecule has 0 saturated heterocycles. The lowest BCUT2D eigenvalue weighted by atomic mass is 10.1. The molecule has 0 aliphatic heterocycles. The maximum atomic E-state index is 12.3. The molecule has 2 aromatic carbocycles. The van der Waals surface area contributed by atoms with Crippen molar-refractivity contribution in [2.45, 2.75) is 6.42 Å². The van der Waals surface area contributed by atoms with Gasteiger partial charge in [0, 0.05) is 23.1 Å². The molecular weight excluding hydrogens is 252 g/mol. The van der Waals surface area contributed by atoms with Crippen LogP contribution in [-0.4, -0.2) is 18.0 Å². The smallest absolute Gasteiger partial charge is 0.189 e. The summed E-state index contributed by atoms with van der Waals surface area (Å²) in [5.41, 5.74) is 2.92. The largest absolute Gasteiger partial charge is 0.508 e. The normalized spacial score (nSPS) is 15.4. The van der Waals surface area contributed by atoms with E-state index in [0.717, 1.165) is 11.3 Å². The van der Waals surface area contributed by atoms with Gasteiger partial charge in [0.1, 0.15) is 11.5 Å². The number of ether oxygens (including phenoxy) is 1. The van der Waals surface area contributed by atoms with Crippen molar-refractivity contribution in [3.63, 3.8) is 0 Å². The standard InChI is InChI=1S/C17H14O3/c1-20-13-5-2-4-11(9-13)8-12-10-15-14(17(12)19)6-3-7-16(15)18/h2-9,18H,10H2,1H3. The Balaban J connectivity index is 1.99. The highest BCUT2D eigenvalue weighted by atomic mass is 16.5. The predicted molar refractivity (Wildman–Crippen MR) is 77.1 cm³/mol. The molecule has 0 spiro atoms. The third-order valence-electron chi connectivity index (χ3n) is 3.49. The minimum Gasteiger partial charge on any atom is -0.508 e. The van der Waals surface area contributed by atoms with Gasteiger partial charge in [0.05, 0.1) is 7.11 Å². The first-order valence-corrected chi connectivity index (χ1v) is 6.39. The zero-order chi connectivity index (χ0) is 14.1. The van der Waals surface area contributed by atoms with Gasteiger partial charge in [-0.3, -0.25) is 4.79 Å². The van der Waals surface area contributed by atoms with Gasteiger partial charge >= 0.3 is 0 Å². The van der Waals surface area contributed by atoms with E-state index in [1.54, 1.807) is 25.3 Å². The molecule has 3 nitrogen and oxygen atoms in total. The highest BCUT2D eigenvalue weighted by molar-refractivity contribution is 6.16. The number of methoxy groups -OCH3 is 1. The van der Waals surface area contributed by atoms with Crippen LogP contribution in [-0.2, 0) is 6.42 Å². The van der Waals surface area contributed by atoms with Crippen molar-refractivity contribution in [1.29, 1.82) is 0 Å². The monoisotopic (exact) mass is 266 g/mol. The Labute approximate surface area is 117 Å². The van der Waals surface area contributed by atoms with Gasteiger partial charge in [0.25, 0.3) is 0 Å². The van der Waals surface area contributed by atoms with Crippen molar-refractivity contribution in [3.8, 4) is 11.5 Å². The van der Waals surface area contributed by atoms with Crippen molar-refractivity contribution in [2.24, 2.45) is 0 Å². The van der Waals surface area contributed by atoms with Crippen LogP contribution in [0.5, 0.6) is 11.5 Å². The Morgan fingerprint density at radius 1 is 1.20 bits per heavy atom. The van der Waals surface area contributed by atoms with Gasteiger partial charge in [-0.2, -0.15) is 0 Å². The van der Waals surface area contributed by atoms with Crippen LogP contribution < -0.4 is 4.74 Å². The van der Waals surface area contributed by atoms with E-state index in [1.165, 1.54) is 0 Å². The molecule has 20 heavy (non-hydrogen) atoms. The van der Waals surface area contributed by atoms with E-state index < -0.39 is 0 Å². The Kier molecular flexibility index (Phi) is 3.03. The van der Waals surface area contributed by atoms with Gasteiger partial charge in [-0.1, -0.05) is 24.3 Å². The number of phenolic OH excluding ortho intramolecular Hbond substituents is 1. The maximum absolute atomic E-state index is 12.3. The van der Waals surface area contributed by atoms with Gasteiger partial charge in [0.2, 0.25) is 0 Å². The molecule has 0 bridgehead atoms. The fourth-order valence-corrected chi connectivity index (χ4v) is 2.47. The number of fused-ring (bicyclic) bond motifs is 1. The lowest BCUT2D eigenvalue weighted by Crippen LogP contribution is -1.95. The summed E-state index contributed by atoms with van der Waals surface area (Å²) in [6.07, 6.45) is 2.32. The van der Waals surface area contributed by atoms with Crippen LogP contribution in [0.1, 0.15) is 21.5 Å². The lowest BCUT2D eigenvalue weighted by Gasteiger charge is -2.01. The first-order valence-electron chi connectivity index (χ1n) is 6.39. The van der Waals surface area contributed by atoms with E-state index in [9.17, 15) is 9.90 Å². The molecule has 1 aliphatic carbocycles. The average Bonchev–Trinajstić information content (AvgIpc) is 2.78. The minimum absolute atomic E-state index is 0.0151. The number of hydrogen-bond acceptors (Lipinski definition) is 3. The molecule has 0 atom stereocenters. The van der Waals surface area contributed by atoms with E-state index in [-0.39, 0.29) is 11.5 Å². The Hall–Kier alpha value is -2.55. The molecule has 0 heterocycles. The summed E-state index contributed by atoms with van der Waals surface area (Å²) in [7, 11) is 1.61. The fraction of sp³-hybridized carbons (Fsp3) is 0.118. The highest BCUT2D eigenvalue weighted by Gasteiger charge is 2.26. The van der Waals surface area contributed by atoms with Crippen LogP contribution in [0.3, 0.4) is 0 Å². The van der Waals surface area contributed by atoms with Crippen molar-refractivity contribution in [1.82, 2.24) is 0 Å². The van der Waals surface area contributed by atoms with Crippen molar-refractivity contribution in [3.05, 3.63) is 64.7 Å². The predicted octanol–water partition coefficient (Wildman–Crippen LogP) is 3.22. The molecular formula is C17H14O3. The van der Waals surface area contributed by atoms with Gasteiger partial charge < -0.3 is 9.84 Å². The van der Waals surface area contributed by atoms with E-state index in [1.807, 2.05) is 30.3 Å².